The highest BCUT2D eigenvalue weighted by atomic mass is 28.3. The first-order chi connectivity index (χ1) is 25.1. The molecule has 2 aliphatic heterocycles. The highest BCUT2D eigenvalue weighted by Crippen LogP contribution is 2.42. The molecule has 0 aliphatic carbocycles. The molecule has 52 heavy (non-hydrogen) atoms. The molecule has 5 aromatic rings. The van der Waals surface area contributed by atoms with Crippen molar-refractivity contribution in [3.63, 3.8) is 0 Å². The molecule has 1 unspecified atom stereocenters. The summed E-state index contributed by atoms with van der Waals surface area (Å²) in [6.45, 7) is 6.76. The molecule has 0 N–H and O–H groups in total. The van der Waals surface area contributed by atoms with Gasteiger partial charge in [0.2, 0.25) is 11.4 Å². The topological polar surface area (TPSA) is 136 Å². The Morgan fingerprint density at radius 1 is 0.962 bits per heavy atom. The number of hydrogen-bond acceptors (Lipinski definition) is 10. The van der Waals surface area contributed by atoms with Crippen LogP contribution in [0.4, 0.5) is 4.79 Å². The Kier molecular flexibility index (Phi) is 9.58. The zero-order valence-electron chi connectivity index (χ0n) is 29.4. The number of esters is 2. The predicted molar refractivity (Wildman–Crippen MR) is 194 cm³/mol. The molecule has 2 aromatic carbocycles. The van der Waals surface area contributed by atoms with Crippen LogP contribution in [0.3, 0.4) is 0 Å². The van der Waals surface area contributed by atoms with Crippen LogP contribution in [0.5, 0.6) is 0 Å². The summed E-state index contributed by atoms with van der Waals surface area (Å²) in [4.78, 5) is 58.0. The third kappa shape index (κ3) is 6.66. The van der Waals surface area contributed by atoms with Crippen molar-refractivity contribution in [2.45, 2.75) is 76.7 Å². The zero-order valence-corrected chi connectivity index (χ0v) is 30.4. The second kappa shape index (κ2) is 14.3. The molecule has 0 fully saturated rings. The molecule has 2 aliphatic rings. The largest absolute Gasteiger partial charge is 0.510 e. The summed E-state index contributed by atoms with van der Waals surface area (Å²) in [7, 11) is -1.75. The normalized spacial score (nSPS) is 16.1. The third-order valence-corrected chi connectivity index (χ3v) is 13.5. The fraction of sp³-hybridized carbons (Fsp3) is 0.325. The van der Waals surface area contributed by atoms with Crippen molar-refractivity contribution < 1.29 is 37.7 Å². The van der Waals surface area contributed by atoms with Gasteiger partial charge in [0, 0.05) is 24.6 Å². The smallest absolute Gasteiger partial charge is 0.460 e. The van der Waals surface area contributed by atoms with Crippen molar-refractivity contribution in [2.24, 2.45) is 0 Å². The Hall–Kier alpha value is -5.49. The van der Waals surface area contributed by atoms with Gasteiger partial charge in [-0.25, -0.2) is 19.4 Å². The van der Waals surface area contributed by atoms with E-state index in [-0.39, 0.29) is 36.5 Å². The van der Waals surface area contributed by atoms with E-state index in [1.54, 1.807) is 29.7 Å². The summed E-state index contributed by atoms with van der Waals surface area (Å²) in [6, 6.07) is 24.1. The number of fused-ring (bicyclic) bond motifs is 5. The maximum Gasteiger partial charge on any atom is 0.510 e. The van der Waals surface area contributed by atoms with Gasteiger partial charge in [-0.15, -0.1) is 0 Å². The van der Waals surface area contributed by atoms with Gasteiger partial charge in [0.05, 0.1) is 41.9 Å². The molecule has 7 rings (SSSR count). The number of rotatable bonds is 12. The lowest BCUT2D eigenvalue weighted by atomic mass is 9.85. The van der Waals surface area contributed by atoms with Crippen LogP contribution < -0.4 is 5.56 Å². The summed E-state index contributed by atoms with van der Waals surface area (Å²) in [5, 5.41) is 1.04. The fourth-order valence-electron chi connectivity index (χ4n) is 7.21. The number of aryl methyl sites for hydroxylation is 1. The molecule has 5 heterocycles. The molecule has 11 nitrogen and oxygen atoms in total. The van der Waals surface area contributed by atoms with Crippen LogP contribution >= 0.6 is 0 Å². The van der Waals surface area contributed by atoms with Crippen molar-refractivity contribution >= 4 is 37.1 Å². The number of benzene rings is 2. The van der Waals surface area contributed by atoms with Gasteiger partial charge in [0.25, 0.3) is 5.56 Å². The highest BCUT2D eigenvalue weighted by Gasteiger charge is 2.51. The van der Waals surface area contributed by atoms with E-state index < -0.39 is 31.8 Å². The molecule has 3 aromatic heterocycles. The highest BCUT2D eigenvalue weighted by molar-refractivity contribution is 6.77. The molecule has 268 valence electrons. The van der Waals surface area contributed by atoms with Crippen molar-refractivity contribution in [1.82, 2.24) is 9.55 Å². The van der Waals surface area contributed by atoms with Crippen LogP contribution in [-0.2, 0) is 55.5 Å². The van der Waals surface area contributed by atoms with E-state index in [0.717, 1.165) is 52.5 Å². The van der Waals surface area contributed by atoms with Crippen molar-refractivity contribution in [3.05, 3.63) is 123 Å². The Balaban J connectivity index is 1.16. The Labute approximate surface area is 301 Å². The average molecular weight is 721 g/mol. The summed E-state index contributed by atoms with van der Waals surface area (Å²) in [5.41, 5.74) is 3.30. The zero-order chi connectivity index (χ0) is 36.5. The van der Waals surface area contributed by atoms with E-state index in [2.05, 4.69) is 19.2 Å². The summed E-state index contributed by atoms with van der Waals surface area (Å²) in [6.07, 6.45) is 1.99. The Morgan fingerprint density at radius 2 is 1.75 bits per heavy atom. The van der Waals surface area contributed by atoms with E-state index in [1.807, 2.05) is 48.5 Å². The quantitative estimate of drug-likeness (QED) is 0.0540. The molecule has 1 atom stereocenters. The maximum atomic E-state index is 14.2. The maximum absolute atomic E-state index is 14.2. The standard InChI is InChI=1S/C40H40N2O9Si/c1-4-40(51-39(46)50-24-26-12-6-5-7-13-26)31-22-33-35-29(23-42(33)36(43)30(31)25-49-38(40)45)27(28-14-8-9-15-32(28)41-35)17-21-52(2,3)20-11-19-48-37(44)34-16-10-18-47-34/h5-10,12-16,18,22H,4,11,17,19-21,23-25H2,1-3H3. The first kappa shape index (κ1) is 34.9. The molecular formula is C40H40N2O9Si. The lowest BCUT2D eigenvalue weighted by molar-refractivity contribution is -0.175. The molecule has 0 saturated heterocycles. The predicted octanol–water partition coefficient (Wildman–Crippen LogP) is 7.53. The number of furan rings is 1. The molecule has 0 amide bonds. The molecule has 0 radical (unpaired) electrons. The van der Waals surface area contributed by atoms with E-state index in [4.69, 9.17) is 28.3 Å². The van der Waals surface area contributed by atoms with Gasteiger partial charge in [0.1, 0.15) is 13.2 Å². The molecule has 0 spiro atoms. The van der Waals surface area contributed by atoms with Crippen molar-refractivity contribution in [1.29, 1.82) is 0 Å². The first-order valence-corrected chi connectivity index (χ1v) is 21.0. The number of hydrogen-bond donors (Lipinski definition) is 0. The van der Waals surface area contributed by atoms with E-state index in [1.165, 1.54) is 6.26 Å². The number of aromatic nitrogens is 2. The van der Waals surface area contributed by atoms with Crippen LogP contribution in [0.1, 0.15) is 58.1 Å². The van der Waals surface area contributed by atoms with Crippen LogP contribution in [0.2, 0.25) is 25.2 Å². The Morgan fingerprint density at radius 3 is 2.52 bits per heavy atom. The van der Waals surface area contributed by atoms with Crippen molar-refractivity contribution in [2.75, 3.05) is 6.61 Å². The van der Waals surface area contributed by atoms with Crippen LogP contribution in [0, 0.1) is 0 Å². The molecule has 0 bridgehead atoms. The van der Waals surface area contributed by atoms with Gasteiger partial charge in [-0.1, -0.05) is 80.6 Å². The number of cyclic esters (lactones) is 1. The van der Waals surface area contributed by atoms with Crippen molar-refractivity contribution in [3.8, 4) is 11.4 Å². The van der Waals surface area contributed by atoms with E-state index in [0.29, 0.717) is 30.1 Å². The monoisotopic (exact) mass is 720 g/mol. The summed E-state index contributed by atoms with van der Waals surface area (Å²) in [5.74, 6) is -1.01. The van der Waals surface area contributed by atoms with Gasteiger partial charge >= 0.3 is 18.1 Å². The van der Waals surface area contributed by atoms with Gasteiger partial charge in [-0.05, 0) is 54.7 Å². The SMILES string of the molecule is CCC1(OC(=O)OCc2ccccc2)C(=O)OCc2c1cc1n(c2=O)Cc2c-1nc1ccccc1c2CC[Si](C)(C)CCCOC(=O)c1ccco1. The van der Waals surface area contributed by atoms with Crippen LogP contribution in [0.15, 0.2) is 88.3 Å². The van der Waals surface area contributed by atoms with Gasteiger partial charge in [-0.2, -0.15) is 0 Å². The minimum absolute atomic E-state index is 0.0349. The lowest BCUT2D eigenvalue weighted by Crippen LogP contribution is -2.47. The van der Waals surface area contributed by atoms with Gasteiger partial charge in [-0.3, -0.25) is 4.79 Å². The number of para-hydroxylation sites is 1. The van der Waals surface area contributed by atoms with Gasteiger partial charge < -0.3 is 27.9 Å². The Bertz CT molecular complexity index is 2210. The fourth-order valence-corrected chi connectivity index (χ4v) is 9.49. The lowest BCUT2D eigenvalue weighted by Gasteiger charge is -2.35. The minimum Gasteiger partial charge on any atom is -0.460 e. The first-order valence-electron chi connectivity index (χ1n) is 17.6. The summed E-state index contributed by atoms with van der Waals surface area (Å²) >= 11 is 0. The number of carbonyl (C=O) groups is 3. The molecule has 0 saturated carbocycles. The number of pyridine rings is 2. The van der Waals surface area contributed by atoms with E-state index >= 15 is 0 Å². The number of carbonyl (C=O) groups excluding carboxylic acids is 3. The number of ether oxygens (including phenoxy) is 4. The van der Waals surface area contributed by atoms with E-state index in [9.17, 15) is 19.2 Å². The van der Waals surface area contributed by atoms with Gasteiger partial charge in [0.15, 0.2) is 0 Å². The van der Waals surface area contributed by atoms with Crippen LogP contribution in [0.25, 0.3) is 22.3 Å². The molecular weight excluding hydrogens is 681 g/mol. The third-order valence-electron chi connectivity index (χ3n) is 10.1. The summed E-state index contributed by atoms with van der Waals surface area (Å²) < 4.78 is 28.9. The second-order valence-corrected chi connectivity index (χ2v) is 19.3. The van der Waals surface area contributed by atoms with Crippen LogP contribution in [-0.4, -0.2) is 42.3 Å². The second-order valence-electron chi connectivity index (χ2n) is 14.0. The minimum atomic E-state index is -1.86. The molecule has 12 heteroatoms. The number of nitrogens with zero attached hydrogens (tertiary/aromatic N) is 2. The average Bonchev–Trinajstić information content (AvgIpc) is 3.82.